The molecule has 3 nitrogen and oxygen atoms in total. The molecule has 6 aliphatic rings. The molecule has 0 amide bonds. The molecule has 0 heterocycles. The molecule has 1 atom stereocenters. The van der Waals surface area contributed by atoms with Crippen LogP contribution in [0.15, 0.2) is 0 Å². The minimum Gasteiger partial charge on any atom is -0.299 e. The summed E-state index contributed by atoms with van der Waals surface area (Å²) in [7, 11) is 0. The first-order valence-electron chi connectivity index (χ1n) is 10.5. The zero-order valence-electron chi connectivity index (χ0n) is 15.1. The summed E-state index contributed by atoms with van der Waals surface area (Å²) < 4.78 is 0. The molecule has 132 valence electrons. The van der Waals surface area contributed by atoms with E-state index in [1.807, 2.05) is 0 Å². The van der Waals surface area contributed by atoms with Gasteiger partial charge in [0, 0.05) is 10.8 Å². The van der Waals surface area contributed by atoms with Crippen molar-refractivity contribution in [2.24, 2.45) is 39.9 Å². The van der Waals surface area contributed by atoms with Crippen molar-refractivity contribution >= 4 is 5.78 Å². The number of rotatable bonds is 2. The van der Waals surface area contributed by atoms with Gasteiger partial charge in [-0.25, -0.2) is 0 Å². The Morgan fingerprint density at radius 1 is 0.800 bits per heavy atom. The molecule has 0 aromatic carbocycles. The molecule has 0 aliphatic heterocycles. The van der Waals surface area contributed by atoms with Crippen LogP contribution in [-0.4, -0.2) is 5.78 Å². The number of hydrogen-bond acceptors (Lipinski definition) is 3. The molecule has 6 aliphatic carbocycles. The Morgan fingerprint density at radius 3 is 1.72 bits per heavy atom. The van der Waals surface area contributed by atoms with Gasteiger partial charge in [-0.3, -0.25) is 4.79 Å². The second-order valence-corrected chi connectivity index (χ2v) is 10.1. The van der Waals surface area contributed by atoms with Crippen LogP contribution in [-0.2, 0) is 4.79 Å². The van der Waals surface area contributed by atoms with Gasteiger partial charge < -0.3 is 0 Å². The van der Waals surface area contributed by atoms with Gasteiger partial charge in [0.15, 0.2) is 5.41 Å². The molecule has 6 saturated carbocycles. The van der Waals surface area contributed by atoms with Crippen LogP contribution in [0.5, 0.6) is 0 Å². The average molecular weight is 336 g/mol. The molecular formula is C22H28N2O. The Balaban J connectivity index is 1.51. The van der Waals surface area contributed by atoms with Crippen LogP contribution in [0.2, 0.25) is 0 Å². The van der Waals surface area contributed by atoms with Gasteiger partial charge >= 0.3 is 0 Å². The zero-order chi connectivity index (χ0) is 17.3. The Morgan fingerprint density at radius 2 is 1.28 bits per heavy atom. The van der Waals surface area contributed by atoms with Gasteiger partial charge in [-0.05, 0) is 69.1 Å². The molecule has 0 aromatic rings. The Kier molecular flexibility index (Phi) is 3.23. The van der Waals surface area contributed by atoms with Crippen molar-refractivity contribution in [2.45, 2.75) is 77.0 Å². The third-order valence-corrected chi connectivity index (χ3v) is 8.86. The van der Waals surface area contributed by atoms with Crippen molar-refractivity contribution in [3.05, 3.63) is 0 Å². The third kappa shape index (κ3) is 1.88. The molecule has 0 unspecified atom stereocenters. The maximum atomic E-state index is 13.9. The fourth-order valence-electron chi connectivity index (χ4n) is 8.18. The number of hydrogen-bond donors (Lipinski definition) is 0. The highest BCUT2D eigenvalue weighted by molar-refractivity contribution is 5.93. The summed E-state index contributed by atoms with van der Waals surface area (Å²) >= 11 is 0. The van der Waals surface area contributed by atoms with Gasteiger partial charge in [0.05, 0.1) is 18.1 Å². The number of carbonyl (C=O) groups is 1. The maximum absolute atomic E-state index is 13.9. The van der Waals surface area contributed by atoms with Crippen LogP contribution >= 0.6 is 0 Å². The van der Waals surface area contributed by atoms with Crippen LogP contribution in [0.1, 0.15) is 77.0 Å². The van der Waals surface area contributed by atoms with E-state index in [-0.39, 0.29) is 16.7 Å². The lowest BCUT2D eigenvalue weighted by atomic mass is 9.48. The average Bonchev–Trinajstić information content (AvgIpc) is 3.25. The van der Waals surface area contributed by atoms with Crippen molar-refractivity contribution < 1.29 is 4.79 Å². The van der Waals surface area contributed by atoms with Crippen LogP contribution in [0, 0.1) is 62.6 Å². The first-order valence-corrected chi connectivity index (χ1v) is 10.5. The SMILES string of the molecule is N#CC1(C#N)[C@H](C(=O)C23CC4CC(CC(C4)C2)C3)C12CCCCCC2. The van der Waals surface area contributed by atoms with E-state index in [0.717, 1.165) is 62.7 Å². The highest BCUT2D eigenvalue weighted by Crippen LogP contribution is 2.77. The largest absolute Gasteiger partial charge is 0.299 e. The van der Waals surface area contributed by atoms with Crippen LogP contribution in [0.25, 0.3) is 0 Å². The van der Waals surface area contributed by atoms with E-state index in [2.05, 4.69) is 12.1 Å². The normalized spacial score (nSPS) is 45.4. The predicted octanol–water partition coefficient (Wildman–Crippen LogP) is 4.78. The minimum atomic E-state index is -1.02. The number of nitrogens with zero attached hydrogens (tertiary/aromatic N) is 2. The second-order valence-electron chi connectivity index (χ2n) is 10.1. The Bertz CT molecular complexity index is 637. The van der Waals surface area contributed by atoms with Crippen molar-refractivity contribution in [1.82, 2.24) is 0 Å². The first-order chi connectivity index (χ1) is 12.1. The summed E-state index contributed by atoms with van der Waals surface area (Å²) in [5.41, 5.74) is -1.50. The molecule has 6 fully saturated rings. The van der Waals surface area contributed by atoms with Crippen molar-refractivity contribution in [3.8, 4) is 12.1 Å². The summed E-state index contributed by atoms with van der Waals surface area (Å²) in [4.78, 5) is 13.9. The molecule has 6 rings (SSSR count). The van der Waals surface area contributed by atoms with E-state index in [9.17, 15) is 15.3 Å². The standard InChI is InChI=1S/C22H28N2O/c23-13-22(14-24)18(21(22)5-3-1-2-4-6-21)19(25)20-10-15-7-16(11-20)9-17(8-15)12-20/h15-18H,1-12H2/t15?,16?,17?,18-,20?/m1/s1. The second kappa shape index (κ2) is 5.09. The fourth-order valence-corrected chi connectivity index (χ4v) is 8.18. The Labute approximate surface area is 150 Å². The van der Waals surface area contributed by atoms with Gasteiger partial charge in [0.25, 0.3) is 0 Å². The summed E-state index contributed by atoms with van der Waals surface area (Å²) in [6.45, 7) is 0. The number of ketones is 1. The van der Waals surface area contributed by atoms with E-state index in [1.165, 1.54) is 32.1 Å². The van der Waals surface area contributed by atoms with E-state index < -0.39 is 5.41 Å². The number of Topliss-reactive ketones (excluding diaryl/α,β-unsaturated/α-hetero) is 1. The van der Waals surface area contributed by atoms with Gasteiger partial charge in [0.2, 0.25) is 0 Å². The lowest BCUT2D eigenvalue weighted by molar-refractivity contribution is -0.146. The van der Waals surface area contributed by atoms with E-state index in [1.54, 1.807) is 0 Å². The minimum absolute atomic E-state index is 0.172. The van der Waals surface area contributed by atoms with Crippen molar-refractivity contribution in [1.29, 1.82) is 10.5 Å². The van der Waals surface area contributed by atoms with Crippen LogP contribution < -0.4 is 0 Å². The van der Waals surface area contributed by atoms with Crippen molar-refractivity contribution in [3.63, 3.8) is 0 Å². The molecule has 0 radical (unpaired) electrons. The zero-order valence-corrected chi connectivity index (χ0v) is 15.1. The summed E-state index contributed by atoms with van der Waals surface area (Å²) in [5.74, 6) is 2.26. The number of nitriles is 2. The molecular weight excluding hydrogens is 308 g/mol. The highest BCUT2D eigenvalue weighted by Gasteiger charge is 2.81. The van der Waals surface area contributed by atoms with Gasteiger partial charge in [-0.2, -0.15) is 10.5 Å². The van der Waals surface area contributed by atoms with Crippen LogP contribution in [0.4, 0.5) is 0 Å². The highest BCUT2D eigenvalue weighted by atomic mass is 16.1. The van der Waals surface area contributed by atoms with E-state index >= 15 is 0 Å². The summed E-state index contributed by atoms with van der Waals surface area (Å²) in [6, 6.07) is 4.74. The van der Waals surface area contributed by atoms with Gasteiger partial charge in [-0.1, -0.05) is 25.7 Å². The van der Waals surface area contributed by atoms with Gasteiger partial charge in [0.1, 0.15) is 5.78 Å². The third-order valence-electron chi connectivity index (χ3n) is 8.86. The molecule has 25 heavy (non-hydrogen) atoms. The predicted molar refractivity (Wildman–Crippen MR) is 92.9 cm³/mol. The molecule has 0 N–H and O–H groups in total. The molecule has 1 spiro atoms. The molecule has 3 heteroatoms. The lowest BCUT2D eigenvalue weighted by Gasteiger charge is -2.56. The lowest BCUT2D eigenvalue weighted by Crippen LogP contribution is -2.51. The van der Waals surface area contributed by atoms with E-state index in [4.69, 9.17) is 0 Å². The fraction of sp³-hybridized carbons (Fsp3) is 0.864. The van der Waals surface area contributed by atoms with Gasteiger partial charge in [-0.15, -0.1) is 0 Å². The maximum Gasteiger partial charge on any atom is 0.160 e. The summed E-state index contributed by atoms with van der Waals surface area (Å²) in [5, 5.41) is 19.9. The van der Waals surface area contributed by atoms with Crippen molar-refractivity contribution in [2.75, 3.05) is 0 Å². The number of carbonyl (C=O) groups excluding carboxylic acids is 1. The molecule has 4 bridgehead atoms. The monoisotopic (exact) mass is 336 g/mol. The topological polar surface area (TPSA) is 64.7 Å². The molecule has 0 aromatic heterocycles. The summed E-state index contributed by atoms with van der Waals surface area (Å²) in [6.07, 6.45) is 13.5. The quantitative estimate of drug-likeness (QED) is 0.729. The van der Waals surface area contributed by atoms with E-state index in [0.29, 0.717) is 5.78 Å². The first kappa shape index (κ1) is 15.9. The Hall–Kier alpha value is -1.35. The smallest absolute Gasteiger partial charge is 0.160 e. The van der Waals surface area contributed by atoms with Crippen LogP contribution in [0.3, 0.4) is 0 Å². The molecule has 0 saturated heterocycles.